The molecule has 1 aromatic carbocycles. The molecule has 0 bridgehead atoms. The lowest BCUT2D eigenvalue weighted by molar-refractivity contribution is 0.0794. The molecule has 0 unspecified atom stereocenters. The lowest BCUT2D eigenvalue weighted by Gasteiger charge is -2.16. The molecule has 134 valence electrons. The van der Waals surface area contributed by atoms with Crippen molar-refractivity contribution in [3.8, 4) is 11.4 Å². The lowest BCUT2D eigenvalue weighted by atomic mass is 10.1. The highest BCUT2D eigenvalue weighted by Crippen LogP contribution is 2.14. The first-order valence-electron chi connectivity index (χ1n) is 8.33. The maximum absolute atomic E-state index is 12.5. The average Bonchev–Trinajstić information content (AvgIpc) is 3.05. The topological polar surface area (TPSA) is 83.9 Å². The van der Waals surface area contributed by atoms with Crippen LogP contribution in [0, 0.1) is 6.92 Å². The van der Waals surface area contributed by atoms with E-state index in [1.54, 1.807) is 17.9 Å². The molecule has 3 rings (SSSR count). The molecule has 0 radical (unpaired) electrons. The van der Waals surface area contributed by atoms with Gasteiger partial charge >= 0.3 is 0 Å². The summed E-state index contributed by atoms with van der Waals surface area (Å²) in [4.78, 5) is 33.3. The van der Waals surface area contributed by atoms with Gasteiger partial charge < -0.3 is 9.88 Å². The van der Waals surface area contributed by atoms with E-state index in [0.717, 1.165) is 16.7 Å². The first-order valence-corrected chi connectivity index (χ1v) is 8.33. The monoisotopic (exact) mass is 351 g/mol. The molecule has 0 saturated heterocycles. The maximum atomic E-state index is 12.5. The Bertz CT molecular complexity index is 972. The normalized spacial score (nSPS) is 10.7. The molecule has 1 amide bonds. The Morgan fingerprint density at radius 1 is 1.23 bits per heavy atom. The average molecular weight is 351 g/mol. The number of nitrogens with one attached hydrogen (secondary N) is 1. The van der Waals surface area contributed by atoms with Crippen LogP contribution in [0.15, 0.2) is 47.7 Å². The number of hydrogen-bond acceptors (Lipinski definition) is 4. The van der Waals surface area contributed by atoms with Crippen molar-refractivity contribution in [3.05, 3.63) is 69.9 Å². The second-order valence-corrected chi connectivity index (χ2v) is 6.34. The number of amides is 1. The van der Waals surface area contributed by atoms with Crippen LogP contribution in [-0.4, -0.2) is 44.1 Å². The fraction of sp³-hybridized carbons (Fsp3) is 0.263. The number of carbonyl (C=O) groups excluding carboxylic acids is 1. The van der Waals surface area contributed by atoms with Crippen molar-refractivity contribution in [2.75, 3.05) is 13.6 Å². The predicted octanol–water partition coefficient (Wildman–Crippen LogP) is 1.79. The van der Waals surface area contributed by atoms with Crippen molar-refractivity contribution in [2.24, 2.45) is 7.05 Å². The van der Waals surface area contributed by atoms with Crippen LogP contribution in [0.1, 0.15) is 21.5 Å². The number of likely N-dealkylation sites (N-methyl/N-ethyl adjacent to an activating group) is 1. The maximum Gasteiger partial charge on any atom is 0.264 e. The molecule has 7 heteroatoms. The molecule has 26 heavy (non-hydrogen) atoms. The van der Waals surface area contributed by atoms with E-state index in [1.807, 2.05) is 44.4 Å². The molecule has 0 aliphatic heterocycles. The van der Waals surface area contributed by atoms with Crippen molar-refractivity contribution < 1.29 is 4.79 Å². The zero-order chi connectivity index (χ0) is 18.7. The molecule has 1 N–H and O–H groups in total. The van der Waals surface area contributed by atoms with Gasteiger partial charge in [-0.25, -0.2) is 4.98 Å². The number of aryl methyl sites for hydroxylation is 2. The van der Waals surface area contributed by atoms with E-state index in [9.17, 15) is 9.59 Å². The van der Waals surface area contributed by atoms with E-state index in [-0.39, 0.29) is 11.5 Å². The van der Waals surface area contributed by atoms with Crippen LogP contribution >= 0.6 is 0 Å². The number of nitrogens with zero attached hydrogens (tertiary/aromatic N) is 4. The summed E-state index contributed by atoms with van der Waals surface area (Å²) in [5, 5.41) is 4.10. The number of benzene rings is 1. The van der Waals surface area contributed by atoms with Gasteiger partial charge in [0, 0.05) is 38.6 Å². The van der Waals surface area contributed by atoms with Gasteiger partial charge in [-0.3, -0.25) is 14.3 Å². The fourth-order valence-electron chi connectivity index (χ4n) is 2.61. The smallest absolute Gasteiger partial charge is 0.264 e. The summed E-state index contributed by atoms with van der Waals surface area (Å²) in [5.41, 5.74) is 2.56. The molecule has 0 fully saturated rings. The summed E-state index contributed by atoms with van der Waals surface area (Å²) in [5.74, 6) is 0.0997. The summed E-state index contributed by atoms with van der Waals surface area (Å²) in [7, 11) is 3.52. The third-order valence-corrected chi connectivity index (χ3v) is 4.20. The summed E-state index contributed by atoms with van der Waals surface area (Å²) in [6.07, 6.45) is 5.69. The van der Waals surface area contributed by atoms with E-state index in [1.165, 1.54) is 11.1 Å². The largest absolute Gasteiger partial charge is 0.341 e. The molecular formula is C19H21N5O2. The van der Waals surface area contributed by atoms with Crippen LogP contribution in [0.3, 0.4) is 0 Å². The number of rotatable bonds is 5. The summed E-state index contributed by atoms with van der Waals surface area (Å²) < 4.78 is 1.72. The summed E-state index contributed by atoms with van der Waals surface area (Å²) in [6.45, 7) is 2.48. The highest BCUT2D eigenvalue weighted by molar-refractivity contribution is 5.93. The number of H-pyrrole nitrogens is 1. The molecule has 2 aromatic heterocycles. The molecule has 3 aromatic rings. The van der Waals surface area contributed by atoms with E-state index in [0.29, 0.717) is 18.8 Å². The van der Waals surface area contributed by atoms with E-state index >= 15 is 0 Å². The number of aromatic nitrogens is 4. The van der Waals surface area contributed by atoms with E-state index in [2.05, 4.69) is 15.1 Å². The SMILES string of the molecule is Cc1ccc(-c2ncc(C(=O)N(C)CCc3cnn(C)c3)c(=O)[nH]2)cc1. The molecule has 0 saturated carbocycles. The molecule has 2 heterocycles. The summed E-state index contributed by atoms with van der Waals surface area (Å²) in [6, 6.07) is 7.66. The second-order valence-electron chi connectivity index (χ2n) is 6.34. The van der Waals surface area contributed by atoms with Gasteiger partial charge in [0.1, 0.15) is 11.4 Å². The zero-order valence-electron chi connectivity index (χ0n) is 15.1. The highest BCUT2D eigenvalue weighted by atomic mass is 16.2. The minimum Gasteiger partial charge on any atom is -0.341 e. The molecule has 7 nitrogen and oxygen atoms in total. The van der Waals surface area contributed by atoms with Gasteiger partial charge in [0.15, 0.2) is 0 Å². The van der Waals surface area contributed by atoms with Gasteiger partial charge in [0.25, 0.3) is 11.5 Å². The Balaban J connectivity index is 1.72. The first kappa shape index (κ1) is 17.6. The van der Waals surface area contributed by atoms with E-state index < -0.39 is 5.56 Å². The Kier molecular flexibility index (Phi) is 4.97. The van der Waals surface area contributed by atoms with Crippen molar-refractivity contribution >= 4 is 5.91 Å². The Morgan fingerprint density at radius 3 is 2.58 bits per heavy atom. The Morgan fingerprint density at radius 2 is 1.96 bits per heavy atom. The standard InChI is InChI=1S/C19H21N5O2/c1-13-4-6-15(7-5-13)17-20-11-16(18(25)22-17)19(26)23(2)9-8-14-10-21-24(3)12-14/h4-7,10-12H,8-9H2,1-3H3,(H,20,22,25). The number of hydrogen-bond donors (Lipinski definition) is 1. The minimum absolute atomic E-state index is 0.0366. The Labute approximate surface area is 151 Å². The van der Waals surface area contributed by atoms with Crippen LogP contribution in [0.5, 0.6) is 0 Å². The van der Waals surface area contributed by atoms with Crippen molar-refractivity contribution in [1.82, 2.24) is 24.6 Å². The van der Waals surface area contributed by atoms with Crippen molar-refractivity contribution in [1.29, 1.82) is 0 Å². The van der Waals surface area contributed by atoms with Gasteiger partial charge in [-0.1, -0.05) is 29.8 Å². The van der Waals surface area contributed by atoms with Crippen molar-refractivity contribution in [3.63, 3.8) is 0 Å². The molecular weight excluding hydrogens is 330 g/mol. The van der Waals surface area contributed by atoms with Gasteiger partial charge in [0.05, 0.1) is 6.20 Å². The van der Waals surface area contributed by atoms with Crippen LogP contribution in [0.2, 0.25) is 0 Å². The second kappa shape index (κ2) is 7.35. The van der Waals surface area contributed by atoms with E-state index in [4.69, 9.17) is 0 Å². The minimum atomic E-state index is -0.436. The number of aromatic amines is 1. The number of carbonyl (C=O) groups is 1. The Hall–Kier alpha value is -3.22. The molecule has 0 aliphatic rings. The highest BCUT2D eigenvalue weighted by Gasteiger charge is 2.17. The van der Waals surface area contributed by atoms with Gasteiger partial charge in [0.2, 0.25) is 0 Å². The third kappa shape index (κ3) is 3.88. The fourth-order valence-corrected chi connectivity index (χ4v) is 2.61. The summed E-state index contributed by atoms with van der Waals surface area (Å²) >= 11 is 0. The van der Waals surface area contributed by atoms with Gasteiger partial charge in [-0.15, -0.1) is 0 Å². The lowest BCUT2D eigenvalue weighted by Crippen LogP contribution is -2.33. The third-order valence-electron chi connectivity index (χ3n) is 4.20. The van der Waals surface area contributed by atoms with Crippen LogP contribution in [0.4, 0.5) is 0 Å². The van der Waals surface area contributed by atoms with Crippen LogP contribution in [-0.2, 0) is 13.5 Å². The van der Waals surface area contributed by atoms with Crippen LogP contribution in [0.25, 0.3) is 11.4 Å². The molecule has 0 aliphatic carbocycles. The van der Waals surface area contributed by atoms with Crippen LogP contribution < -0.4 is 5.56 Å². The first-order chi connectivity index (χ1) is 12.4. The quantitative estimate of drug-likeness (QED) is 0.760. The molecule has 0 spiro atoms. The molecule has 0 atom stereocenters. The van der Waals surface area contributed by atoms with Gasteiger partial charge in [-0.2, -0.15) is 5.10 Å². The van der Waals surface area contributed by atoms with Gasteiger partial charge in [-0.05, 0) is 18.9 Å². The van der Waals surface area contributed by atoms with Crippen molar-refractivity contribution in [2.45, 2.75) is 13.3 Å². The zero-order valence-corrected chi connectivity index (χ0v) is 15.1. The predicted molar refractivity (Wildman–Crippen MR) is 98.9 cm³/mol.